The summed E-state index contributed by atoms with van der Waals surface area (Å²) in [5.41, 5.74) is 0. The van der Waals surface area contributed by atoms with Crippen molar-refractivity contribution in [1.29, 1.82) is 0 Å². The van der Waals surface area contributed by atoms with Crippen LogP contribution in [0.5, 0.6) is 0 Å². The lowest BCUT2D eigenvalue weighted by Gasteiger charge is -2.28. The minimum Gasteiger partial charge on any atom is -0.298 e. The van der Waals surface area contributed by atoms with E-state index < -0.39 is 0 Å². The fourth-order valence-electron chi connectivity index (χ4n) is 2.61. The minimum atomic E-state index is 0.164. The van der Waals surface area contributed by atoms with Gasteiger partial charge in [0.05, 0.1) is 6.04 Å². The maximum absolute atomic E-state index is 12.2. The molecule has 0 saturated carbocycles. The minimum absolute atomic E-state index is 0.164. The van der Waals surface area contributed by atoms with Crippen molar-refractivity contribution in [2.75, 3.05) is 6.54 Å². The Labute approximate surface area is 100 Å². The van der Waals surface area contributed by atoms with E-state index in [2.05, 4.69) is 32.6 Å². The van der Waals surface area contributed by atoms with Crippen molar-refractivity contribution in [2.45, 2.75) is 60.0 Å². The largest absolute Gasteiger partial charge is 0.298 e. The number of carbonyl (C=O) groups is 1. The van der Waals surface area contributed by atoms with Crippen molar-refractivity contribution < 1.29 is 4.79 Å². The SMILES string of the molecule is CC(C)C(=O)C1C[C@H](C(C)C)CN1C(C)C. The van der Waals surface area contributed by atoms with Gasteiger partial charge in [0.1, 0.15) is 0 Å². The predicted octanol–water partition coefficient (Wildman–Crippen LogP) is 2.97. The molecular weight excluding hydrogens is 198 g/mol. The fourth-order valence-corrected chi connectivity index (χ4v) is 2.61. The van der Waals surface area contributed by atoms with Crippen LogP contribution in [0.15, 0.2) is 0 Å². The molecule has 1 unspecified atom stereocenters. The second-order valence-electron chi connectivity index (χ2n) is 6.10. The molecule has 2 atom stereocenters. The van der Waals surface area contributed by atoms with Crippen LogP contribution in [0.2, 0.25) is 0 Å². The number of likely N-dealkylation sites (tertiary alicyclic amines) is 1. The smallest absolute Gasteiger partial charge is 0.152 e. The molecule has 0 spiro atoms. The summed E-state index contributed by atoms with van der Waals surface area (Å²) in [6.45, 7) is 14.1. The zero-order chi connectivity index (χ0) is 12.5. The zero-order valence-electron chi connectivity index (χ0n) is 11.7. The Hall–Kier alpha value is -0.370. The van der Waals surface area contributed by atoms with Crippen molar-refractivity contribution in [1.82, 2.24) is 4.90 Å². The van der Waals surface area contributed by atoms with E-state index in [0.717, 1.165) is 13.0 Å². The lowest BCUT2D eigenvalue weighted by atomic mass is 9.90. The van der Waals surface area contributed by atoms with E-state index in [1.165, 1.54) is 0 Å². The number of carbonyl (C=O) groups excluding carboxylic acids is 1. The van der Waals surface area contributed by atoms with Crippen LogP contribution < -0.4 is 0 Å². The van der Waals surface area contributed by atoms with E-state index in [4.69, 9.17) is 0 Å². The molecule has 1 saturated heterocycles. The maximum atomic E-state index is 12.2. The molecule has 0 N–H and O–H groups in total. The molecule has 2 nitrogen and oxygen atoms in total. The quantitative estimate of drug-likeness (QED) is 0.733. The summed E-state index contributed by atoms with van der Waals surface area (Å²) in [6, 6.07) is 0.656. The number of nitrogens with zero attached hydrogens (tertiary/aromatic N) is 1. The summed E-state index contributed by atoms with van der Waals surface area (Å²) >= 11 is 0. The van der Waals surface area contributed by atoms with Crippen molar-refractivity contribution in [3.8, 4) is 0 Å². The Morgan fingerprint density at radius 1 is 1.12 bits per heavy atom. The van der Waals surface area contributed by atoms with Crippen LogP contribution >= 0.6 is 0 Å². The molecule has 1 aliphatic rings. The van der Waals surface area contributed by atoms with Gasteiger partial charge in [0.15, 0.2) is 5.78 Å². The Morgan fingerprint density at radius 3 is 2.06 bits per heavy atom. The van der Waals surface area contributed by atoms with Crippen LogP contribution in [0.25, 0.3) is 0 Å². The second kappa shape index (κ2) is 5.31. The molecular formula is C14H27NO. The molecule has 0 radical (unpaired) electrons. The van der Waals surface area contributed by atoms with E-state index in [1.807, 2.05) is 13.8 Å². The predicted molar refractivity (Wildman–Crippen MR) is 68.4 cm³/mol. The molecule has 1 rings (SSSR count). The van der Waals surface area contributed by atoms with Gasteiger partial charge in [0, 0.05) is 18.5 Å². The lowest BCUT2D eigenvalue weighted by molar-refractivity contribution is -0.126. The number of ketones is 1. The van der Waals surface area contributed by atoms with Gasteiger partial charge in [-0.3, -0.25) is 9.69 Å². The van der Waals surface area contributed by atoms with E-state index >= 15 is 0 Å². The van der Waals surface area contributed by atoms with Gasteiger partial charge in [-0.1, -0.05) is 27.7 Å². The summed E-state index contributed by atoms with van der Waals surface area (Å²) in [7, 11) is 0. The number of Topliss-reactive ketones (excluding diaryl/α,β-unsaturated/α-hetero) is 1. The molecule has 0 amide bonds. The third-order valence-electron chi connectivity index (χ3n) is 3.88. The zero-order valence-corrected chi connectivity index (χ0v) is 11.7. The van der Waals surface area contributed by atoms with Crippen LogP contribution in [-0.4, -0.2) is 29.3 Å². The van der Waals surface area contributed by atoms with E-state index in [9.17, 15) is 4.79 Å². The van der Waals surface area contributed by atoms with Gasteiger partial charge in [-0.05, 0) is 32.1 Å². The van der Waals surface area contributed by atoms with Gasteiger partial charge >= 0.3 is 0 Å². The number of hydrogen-bond donors (Lipinski definition) is 0. The highest BCUT2D eigenvalue weighted by molar-refractivity contribution is 5.86. The summed E-state index contributed by atoms with van der Waals surface area (Å²) < 4.78 is 0. The van der Waals surface area contributed by atoms with Gasteiger partial charge in [0.25, 0.3) is 0 Å². The topological polar surface area (TPSA) is 20.3 Å². The van der Waals surface area contributed by atoms with Gasteiger partial charge in [0.2, 0.25) is 0 Å². The molecule has 0 aliphatic carbocycles. The molecule has 2 heteroatoms. The summed E-state index contributed by atoms with van der Waals surface area (Å²) in [5, 5.41) is 0. The first kappa shape index (κ1) is 13.7. The summed E-state index contributed by atoms with van der Waals surface area (Å²) in [5.74, 6) is 1.97. The fraction of sp³-hybridized carbons (Fsp3) is 0.929. The average Bonchev–Trinajstić information content (AvgIpc) is 2.60. The number of hydrogen-bond acceptors (Lipinski definition) is 2. The highest BCUT2D eigenvalue weighted by Crippen LogP contribution is 2.31. The molecule has 0 aromatic rings. The Kier molecular flexibility index (Phi) is 4.54. The van der Waals surface area contributed by atoms with Crippen LogP contribution in [0.1, 0.15) is 48.0 Å². The Bertz CT molecular complexity index is 245. The lowest BCUT2D eigenvalue weighted by Crippen LogP contribution is -2.42. The molecule has 0 aromatic carbocycles. The van der Waals surface area contributed by atoms with Gasteiger partial charge < -0.3 is 0 Å². The third-order valence-corrected chi connectivity index (χ3v) is 3.88. The first-order valence-corrected chi connectivity index (χ1v) is 6.64. The third kappa shape index (κ3) is 2.85. The van der Waals surface area contributed by atoms with Crippen LogP contribution in [0.4, 0.5) is 0 Å². The van der Waals surface area contributed by atoms with Crippen molar-refractivity contribution in [3.05, 3.63) is 0 Å². The average molecular weight is 225 g/mol. The monoisotopic (exact) mass is 225 g/mol. The molecule has 1 aliphatic heterocycles. The second-order valence-corrected chi connectivity index (χ2v) is 6.10. The molecule has 0 aromatic heterocycles. The van der Waals surface area contributed by atoms with E-state index in [1.54, 1.807) is 0 Å². The van der Waals surface area contributed by atoms with Gasteiger partial charge in [-0.15, -0.1) is 0 Å². The van der Waals surface area contributed by atoms with Crippen LogP contribution in [0, 0.1) is 17.8 Å². The van der Waals surface area contributed by atoms with Gasteiger partial charge in [-0.2, -0.15) is 0 Å². The normalized spacial score (nSPS) is 27.3. The van der Waals surface area contributed by atoms with Crippen molar-refractivity contribution in [2.24, 2.45) is 17.8 Å². The van der Waals surface area contributed by atoms with Crippen LogP contribution in [0.3, 0.4) is 0 Å². The summed E-state index contributed by atoms with van der Waals surface area (Å²) in [4.78, 5) is 14.6. The van der Waals surface area contributed by atoms with Gasteiger partial charge in [-0.25, -0.2) is 0 Å². The Balaban J connectivity index is 2.77. The Morgan fingerprint density at radius 2 is 1.69 bits per heavy atom. The molecule has 94 valence electrons. The first-order valence-electron chi connectivity index (χ1n) is 6.64. The highest BCUT2D eigenvalue weighted by Gasteiger charge is 2.39. The van der Waals surface area contributed by atoms with Crippen molar-refractivity contribution in [3.63, 3.8) is 0 Å². The standard InChI is InChI=1S/C14H27NO/c1-9(2)12-7-13(14(16)10(3)4)15(8-12)11(5)6/h9-13H,7-8H2,1-6H3/t12-,13?/m0/s1. The van der Waals surface area contributed by atoms with Crippen molar-refractivity contribution >= 4 is 5.78 Å². The number of rotatable bonds is 4. The van der Waals surface area contributed by atoms with E-state index in [0.29, 0.717) is 23.7 Å². The molecule has 1 heterocycles. The highest BCUT2D eigenvalue weighted by atomic mass is 16.1. The van der Waals surface area contributed by atoms with Crippen LogP contribution in [-0.2, 0) is 4.79 Å². The first-order chi connectivity index (χ1) is 7.34. The molecule has 1 fully saturated rings. The van der Waals surface area contributed by atoms with E-state index in [-0.39, 0.29) is 12.0 Å². The summed E-state index contributed by atoms with van der Waals surface area (Å²) in [6.07, 6.45) is 1.06. The maximum Gasteiger partial charge on any atom is 0.152 e. The molecule has 0 bridgehead atoms. The molecule has 16 heavy (non-hydrogen) atoms.